The van der Waals surface area contributed by atoms with Gasteiger partial charge < -0.3 is 9.84 Å². The second kappa shape index (κ2) is 6.02. The first-order valence-corrected chi connectivity index (χ1v) is 4.85. The Labute approximate surface area is 93.2 Å². The van der Waals surface area contributed by atoms with E-state index in [4.69, 9.17) is 9.84 Å². The van der Waals surface area contributed by atoms with Gasteiger partial charge in [-0.15, -0.1) is 6.58 Å². The van der Waals surface area contributed by atoms with Crippen molar-refractivity contribution >= 4 is 5.97 Å². The molecule has 0 saturated carbocycles. The maximum atomic E-state index is 12.8. The Morgan fingerprint density at radius 2 is 2.31 bits per heavy atom. The van der Waals surface area contributed by atoms with Crippen molar-refractivity contribution in [3.8, 4) is 0 Å². The van der Waals surface area contributed by atoms with Gasteiger partial charge in [0, 0.05) is 0 Å². The van der Waals surface area contributed by atoms with E-state index in [-0.39, 0.29) is 12.2 Å². The topological polar surface area (TPSA) is 46.5 Å². The number of hydrogen-bond donors (Lipinski definition) is 1. The Kier molecular flexibility index (Phi) is 4.66. The van der Waals surface area contributed by atoms with Crippen molar-refractivity contribution in [3.63, 3.8) is 0 Å². The van der Waals surface area contributed by atoms with Gasteiger partial charge in [-0.25, -0.2) is 9.18 Å². The standard InChI is InChI=1S/C12H13FO3/c1-2-3-6-16-8-9-4-5-10(13)7-11(9)12(14)15/h2,4-5,7H,1,3,6,8H2,(H,14,15). The Balaban J connectivity index is 2.71. The van der Waals surface area contributed by atoms with Crippen molar-refractivity contribution in [2.24, 2.45) is 0 Å². The fourth-order valence-electron chi connectivity index (χ4n) is 1.22. The number of rotatable bonds is 6. The molecule has 0 fully saturated rings. The molecule has 1 rings (SSSR count). The molecule has 0 aliphatic heterocycles. The van der Waals surface area contributed by atoms with Crippen LogP contribution in [0.5, 0.6) is 0 Å². The third-order valence-corrected chi connectivity index (χ3v) is 2.03. The van der Waals surface area contributed by atoms with Crippen LogP contribution in [-0.4, -0.2) is 17.7 Å². The molecule has 0 heterocycles. The van der Waals surface area contributed by atoms with Crippen LogP contribution in [0.1, 0.15) is 22.3 Å². The van der Waals surface area contributed by atoms with Crippen molar-refractivity contribution < 1.29 is 19.0 Å². The number of carbonyl (C=O) groups is 1. The normalized spacial score (nSPS) is 10.1. The molecule has 3 nitrogen and oxygen atoms in total. The van der Waals surface area contributed by atoms with E-state index in [1.807, 2.05) is 0 Å². The van der Waals surface area contributed by atoms with Crippen molar-refractivity contribution in [2.45, 2.75) is 13.0 Å². The number of benzene rings is 1. The molecule has 0 amide bonds. The molecule has 4 heteroatoms. The van der Waals surface area contributed by atoms with Gasteiger partial charge in [-0.3, -0.25) is 0 Å². The SMILES string of the molecule is C=CCCOCc1ccc(F)cc1C(=O)O. The third kappa shape index (κ3) is 3.47. The lowest BCUT2D eigenvalue weighted by molar-refractivity contribution is 0.0687. The van der Waals surface area contributed by atoms with Gasteiger partial charge in [0.2, 0.25) is 0 Å². The van der Waals surface area contributed by atoms with E-state index >= 15 is 0 Å². The number of ether oxygens (including phenoxy) is 1. The Morgan fingerprint density at radius 1 is 1.56 bits per heavy atom. The minimum atomic E-state index is -1.15. The van der Waals surface area contributed by atoms with E-state index in [1.165, 1.54) is 12.1 Å². The molecular formula is C12H13FO3. The molecule has 1 aromatic carbocycles. The highest BCUT2D eigenvalue weighted by atomic mass is 19.1. The lowest BCUT2D eigenvalue weighted by atomic mass is 10.1. The molecule has 0 saturated heterocycles. The smallest absolute Gasteiger partial charge is 0.336 e. The molecule has 0 atom stereocenters. The summed E-state index contributed by atoms with van der Waals surface area (Å²) in [7, 11) is 0. The van der Waals surface area contributed by atoms with Crippen LogP contribution in [0.25, 0.3) is 0 Å². The van der Waals surface area contributed by atoms with Crippen LogP contribution in [0.3, 0.4) is 0 Å². The first kappa shape index (κ1) is 12.4. The van der Waals surface area contributed by atoms with Crippen LogP contribution in [-0.2, 0) is 11.3 Å². The number of carboxylic acid groups (broad SMARTS) is 1. The lowest BCUT2D eigenvalue weighted by Crippen LogP contribution is -2.05. The summed E-state index contributed by atoms with van der Waals surface area (Å²) in [5.41, 5.74) is 0.413. The van der Waals surface area contributed by atoms with Gasteiger partial charge in [0.15, 0.2) is 0 Å². The molecular weight excluding hydrogens is 211 g/mol. The van der Waals surface area contributed by atoms with Crippen molar-refractivity contribution in [1.29, 1.82) is 0 Å². The van der Waals surface area contributed by atoms with Crippen LogP contribution < -0.4 is 0 Å². The maximum Gasteiger partial charge on any atom is 0.336 e. The predicted molar refractivity (Wildman–Crippen MR) is 57.8 cm³/mol. The maximum absolute atomic E-state index is 12.8. The Hall–Kier alpha value is -1.68. The van der Waals surface area contributed by atoms with Gasteiger partial charge in [-0.1, -0.05) is 12.1 Å². The first-order valence-electron chi connectivity index (χ1n) is 4.85. The highest BCUT2D eigenvalue weighted by molar-refractivity contribution is 5.89. The van der Waals surface area contributed by atoms with Crippen molar-refractivity contribution in [1.82, 2.24) is 0 Å². The van der Waals surface area contributed by atoms with Gasteiger partial charge in [-0.2, -0.15) is 0 Å². The molecule has 0 aromatic heterocycles. The molecule has 0 radical (unpaired) electrons. The summed E-state index contributed by atoms with van der Waals surface area (Å²) in [6.07, 6.45) is 2.41. The summed E-state index contributed by atoms with van der Waals surface area (Å²) in [5.74, 6) is -1.71. The second-order valence-electron chi connectivity index (χ2n) is 3.24. The zero-order valence-electron chi connectivity index (χ0n) is 8.78. The monoisotopic (exact) mass is 224 g/mol. The summed E-state index contributed by atoms with van der Waals surface area (Å²) in [6.45, 7) is 4.17. The summed E-state index contributed by atoms with van der Waals surface area (Å²) in [6, 6.07) is 3.64. The molecule has 0 spiro atoms. The summed E-state index contributed by atoms with van der Waals surface area (Å²) < 4.78 is 18.1. The number of hydrogen-bond acceptors (Lipinski definition) is 2. The molecule has 16 heavy (non-hydrogen) atoms. The van der Waals surface area contributed by atoms with E-state index < -0.39 is 11.8 Å². The third-order valence-electron chi connectivity index (χ3n) is 2.03. The molecule has 0 unspecified atom stereocenters. The van der Waals surface area contributed by atoms with Crippen LogP contribution in [0, 0.1) is 5.82 Å². The second-order valence-corrected chi connectivity index (χ2v) is 3.24. The zero-order chi connectivity index (χ0) is 12.0. The van der Waals surface area contributed by atoms with E-state index in [9.17, 15) is 9.18 Å². The highest BCUT2D eigenvalue weighted by Gasteiger charge is 2.10. The van der Waals surface area contributed by atoms with E-state index in [2.05, 4.69) is 6.58 Å². The fourth-order valence-corrected chi connectivity index (χ4v) is 1.22. The van der Waals surface area contributed by atoms with E-state index in [1.54, 1.807) is 6.08 Å². The Morgan fingerprint density at radius 3 is 2.94 bits per heavy atom. The zero-order valence-corrected chi connectivity index (χ0v) is 8.78. The van der Waals surface area contributed by atoms with Gasteiger partial charge >= 0.3 is 5.97 Å². The number of aromatic carboxylic acids is 1. The summed E-state index contributed by atoms with van der Waals surface area (Å²) >= 11 is 0. The lowest BCUT2D eigenvalue weighted by Gasteiger charge is -2.06. The number of halogens is 1. The average Bonchev–Trinajstić information content (AvgIpc) is 2.26. The Bertz CT molecular complexity index is 388. The molecule has 0 aliphatic rings. The molecule has 1 N–H and O–H groups in total. The number of carboxylic acids is 1. The van der Waals surface area contributed by atoms with E-state index in [0.29, 0.717) is 18.6 Å². The minimum Gasteiger partial charge on any atom is -0.478 e. The van der Waals surface area contributed by atoms with Crippen LogP contribution in [0.2, 0.25) is 0 Å². The quantitative estimate of drug-likeness (QED) is 0.596. The largest absolute Gasteiger partial charge is 0.478 e. The van der Waals surface area contributed by atoms with Gasteiger partial charge in [0.05, 0.1) is 18.8 Å². The van der Waals surface area contributed by atoms with Gasteiger partial charge in [-0.05, 0) is 24.1 Å². The summed E-state index contributed by atoms with van der Waals surface area (Å²) in [5, 5.41) is 8.85. The predicted octanol–water partition coefficient (Wildman–Crippen LogP) is 2.62. The fraction of sp³-hybridized carbons (Fsp3) is 0.250. The van der Waals surface area contributed by atoms with Crippen LogP contribution >= 0.6 is 0 Å². The van der Waals surface area contributed by atoms with Crippen molar-refractivity contribution in [2.75, 3.05) is 6.61 Å². The van der Waals surface area contributed by atoms with Gasteiger partial charge in [0.25, 0.3) is 0 Å². The molecule has 0 bridgehead atoms. The molecule has 86 valence electrons. The van der Waals surface area contributed by atoms with Crippen LogP contribution in [0.15, 0.2) is 30.9 Å². The highest BCUT2D eigenvalue weighted by Crippen LogP contribution is 2.12. The first-order chi connectivity index (χ1) is 7.65. The summed E-state index contributed by atoms with van der Waals surface area (Å²) in [4.78, 5) is 10.8. The minimum absolute atomic E-state index is 0.0568. The molecule has 0 aliphatic carbocycles. The van der Waals surface area contributed by atoms with Crippen molar-refractivity contribution in [3.05, 3.63) is 47.8 Å². The molecule has 1 aromatic rings. The average molecular weight is 224 g/mol. The van der Waals surface area contributed by atoms with E-state index in [0.717, 1.165) is 6.07 Å². The van der Waals surface area contributed by atoms with Gasteiger partial charge in [0.1, 0.15) is 5.82 Å². The van der Waals surface area contributed by atoms with Crippen LogP contribution in [0.4, 0.5) is 4.39 Å².